The molecule has 3 aliphatic heterocycles. The smallest absolute Gasteiger partial charge is 0.274 e. The maximum absolute atomic E-state index is 13.7. The topological polar surface area (TPSA) is 95.8 Å². The Morgan fingerprint density at radius 2 is 1.85 bits per heavy atom. The Hall–Kier alpha value is -4.06. The third-order valence-corrected chi connectivity index (χ3v) is 11.5. The number of aromatic nitrogens is 3. The van der Waals surface area contributed by atoms with Crippen LogP contribution in [-0.4, -0.2) is 76.8 Å². The van der Waals surface area contributed by atoms with E-state index >= 15 is 0 Å². The fraction of sp³-hybridized carbons (Fsp3) is 0.444. The molecule has 244 valence electrons. The molecule has 0 radical (unpaired) electrons. The number of carbonyl (C=O) groups excluding carboxylic acids is 1. The number of thiophene rings is 1. The predicted octanol–water partition coefficient (Wildman–Crippen LogP) is 4.88. The van der Waals surface area contributed by atoms with E-state index in [2.05, 4.69) is 51.9 Å². The van der Waals surface area contributed by atoms with Crippen molar-refractivity contribution in [1.29, 1.82) is 0 Å². The molecule has 0 unspecified atom stereocenters. The van der Waals surface area contributed by atoms with Crippen LogP contribution < -0.4 is 20.7 Å². The lowest BCUT2D eigenvalue weighted by Crippen LogP contribution is -2.59. The summed E-state index contributed by atoms with van der Waals surface area (Å²) >= 11 is 1.67. The van der Waals surface area contributed by atoms with Crippen LogP contribution in [0.4, 0.5) is 23.0 Å². The zero-order chi connectivity index (χ0) is 32.4. The van der Waals surface area contributed by atoms with Crippen molar-refractivity contribution < 1.29 is 9.53 Å². The molecule has 1 atom stereocenters. The van der Waals surface area contributed by atoms with Gasteiger partial charge in [-0.3, -0.25) is 19.4 Å². The van der Waals surface area contributed by atoms with Crippen molar-refractivity contribution in [2.75, 3.05) is 54.5 Å². The number of hydrogen-bond donors (Lipinski definition) is 1. The van der Waals surface area contributed by atoms with Gasteiger partial charge in [0.15, 0.2) is 0 Å². The van der Waals surface area contributed by atoms with Crippen LogP contribution in [0.25, 0.3) is 11.1 Å². The van der Waals surface area contributed by atoms with Gasteiger partial charge in [-0.15, -0.1) is 11.3 Å². The van der Waals surface area contributed by atoms with E-state index in [9.17, 15) is 9.59 Å². The Morgan fingerprint density at radius 1 is 1.00 bits per heavy atom. The van der Waals surface area contributed by atoms with E-state index in [0.29, 0.717) is 36.0 Å². The van der Waals surface area contributed by atoms with E-state index in [-0.39, 0.29) is 16.9 Å². The zero-order valence-electron chi connectivity index (χ0n) is 27.5. The predicted molar refractivity (Wildman–Crippen MR) is 186 cm³/mol. The van der Waals surface area contributed by atoms with Crippen molar-refractivity contribution in [3.05, 3.63) is 80.2 Å². The van der Waals surface area contributed by atoms with Crippen LogP contribution in [0.5, 0.6) is 0 Å². The lowest BCUT2D eigenvalue weighted by Gasteiger charge is -2.46. The normalized spacial score (nSPS) is 21.0. The maximum atomic E-state index is 13.7. The summed E-state index contributed by atoms with van der Waals surface area (Å²) < 4.78 is 6.97. The molecular weight excluding hydrogens is 611 g/mol. The molecule has 0 bridgehead atoms. The lowest BCUT2D eigenvalue weighted by molar-refractivity contribution is -0.0691. The Labute approximate surface area is 279 Å². The van der Waals surface area contributed by atoms with Gasteiger partial charge in [0.2, 0.25) is 0 Å². The van der Waals surface area contributed by atoms with E-state index in [1.807, 2.05) is 36.7 Å². The summed E-state index contributed by atoms with van der Waals surface area (Å²) in [4.78, 5) is 45.2. The van der Waals surface area contributed by atoms with E-state index in [1.54, 1.807) is 34.0 Å². The third-order valence-electron chi connectivity index (χ3n) is 10.2. The number of fused-ring (bicyclic) bond motifs is 3. The first-order valence-electron chi connectivity index (χ1n) is 16.6. The van der Waals surface area contributed by atoms with Crippen LogP contribution in [0.2, 0.25) is 0 Å². The molecule has 10 nitrogen and oxygen atoms in total. The first-order valence-corrected chi connectivity index (χ1v) is 17.4. The molecule has 7 heterocycles. The van der Waals surface area contributed by atoms with Gasteiger partial charge in [-0.05, 0) is 78.6 Å². The number of anilines is 4. The quantitative estimate of drug-likeness (QED) is 0.315. The van der Waals surface area contributed by atoms with Gasteiger partial charge >= 0.3 is 0 Å². The SMILES string of the molecule is C[C@H]1CN(C2COC2)CCN1c1ccc(Nc2cc(-c3ccnc(N4CCc5c(sc6c5CC(C)(C)C6)C4=O)c3)cn(C)c2=O)nc1. The zero-order valence-corrected chi connectivity index (χ0v) is 28.3. The van der Waals surface area contributed by atoms with Crippen molar-refractivity contribution >= 4 is 40.3 Å². The fourth-order valence-corrected chi connectivity index (χ4v) is 9.16. The van der Waals surface area contributed by atoms with Crippen molar-refractivity contribution in [2.24, 2.45) is 12.5 Å². The minimum Gasteiger partial charge on any atom is -0.378 e. The van der Waals surface area contributed by atoms with Crippen molar-refractivity contribution in [3.63, 3.8) is 0 Å². The van der Waals surface area contributed by atoms with Gasteiger partial charge in [-0.1, -0.05) is 13.8 Å². The Morgan fingerprint density at radius 3 is 2.60 bits per heavy atom. The number of nitrogens with zero attached hydrogens (tertiary/aromatic N) is 6. The molecule has 4 aromatic heterocycles. The molecule has 47 heavy (non-hydrogen) atoms. The highest BCUT2D eigenvalue weighted by Gasteiger charge is 2.38. The number of rotatable bonds is 6. The Bertz CT molecular complexity index is 1910. The van der Waals surface area contributed by atoms with Gasteiger partial charge in [0, 0.05) is 62.1 Å². The number of ether oxygens (including phenoxy) is 1. The van der Waals surface area contributed by atoms with Crippen LogP contribution in [-0.2, 0) is 31.0 Å². The summed E-state index contributed by atoms with van der Waals surface area (Å²) in [6.07, 6.45) is 8.38. The lowest BCUT2D eigenvalue weighted by atomic mass is 9.89. The van der Waals surface area contributed by atoms with Crippen LogP contribution in [0.3, 0.4) is 0 Å². The molecule has 4 aliphatic rings. The molecule has 0 saturated carbocycles. The van der Waals surface area contributed by atoms with E-state index in [1.165, 1.54) is 16.0 Å². The number of nitrogens with one attached hydrogen (secondary N) is 1. The van der Waals surface area contributed by atoms with Crippen LogP contribution in [0.15, 0.2) is 53.7 Å². The van der Waals surface area contributed by atoms with Gasteiger partial charge in [-0.2, -0.15) is 0 Å². The highest BCUT2D eigenvalue weighted by Crippen LogP contribution is 2.45. The highest BCUT2D eigenvalue weighted by atomic mass is 32.1. The number of piperazine rings is 1. The number of hydrogen-bond acceptors (Lipinski definition) is 9. The molecule has 11 heteroatoms. The van der Waals surface area contributed by atoms with Gasteiger partial charge in [0.25, 0.3) is 11.5 Å². The molecule has 4 aromatic rings. The monoisotopic (exact) mass is 651 g/mol. The van der Waals surface area contributed by atoms with Crippen molar-refractivity contribution in [2.45, 2.75) is 52.1 Å². The second kappa shape index (κ2) is 11.6. The van der Waals surface area contributed by atoms with E-state index < -0.39 is 0 Å². The molecule has 1 amide bonds. The standard InChI is InChI=1S/C36H41N7O3S/c1-22-18-41(26-20-46-21-26)11-12-42(22)25-5-6-31(38-17-25)39-29-13-24(19-40(4)34(29)44)23-7-9-37-32(14-23)43-10-8-27-28-15-36(2,3)16-30(28)47-33(27)35(43)45/h5-7,9,13-14,17,19,22,26H,8,10-12,15-16,18,20-21H2,1-4H3,(H,38,39)/t22-/m0/s1. The molecule has 2 saturated heterocycles. The molecule has 0 aromatic carbocycles. The average molecular weight is 652 g/mol. The Kier molecular flexibility index (Phi) is 7.46. The van der Waals surface area contributed by atoms with Crippen molar-refractivity contribution in [3.8, 4) is 11.1 Å². The van der Waals surface area contributed by atoms with Gasteiger partial charge < -0.3 is 19.5 Å². The number of amides is 1. The number of pyridine rings is 3. The minimum atomic E-state index is -0.147. The molecule has 2 fully saturated rings. The summed E-state index contributed by atoms with van der Waals surface area (Å²) in [6, 6.07) is 10.6. The highest BCUT2D eigenvalue weighted by molar-refractivity contribution is 7.14. The summed E-state index contributed by atoms with van der Waals surface area (Å²) in [7, 11) is 1.75. The van der Waals surface area contributed by atoms with Gasteiger partial charge in [-0.25, -0.2) is 9.97 Å². The van der Waals surface area contributed by atoms with E-state index in [0.717, 1.165) is 73.8 Å². The summed E-state index contributed by atoms with van der Waals surface area (Å²) in [5.74, 6) is 1.27. The van der Waals surface area contributed by atoms with Crippen LogP contribution >= 0.6 is 11.3 Å². The summed E-state index contributed by atoms with van der Waals surface area (Å²) in [5, 5.41) is 3.26. The first kappa shape index (κ1) is 30.3. The molecular formula is C36H41N7O3S. The fourth-order valence-electron chi connectivity index (χ4n) is 7.59. The van der Waals surface area contributed by atoms with Crippen molar-refractivity contribution in [1.82, 2.24) is 19.4 Å². The Balaban J connectivity index is 0.994. The second-order valence-electron chi connectivity index (χ2n) is 14.3. The van der Waals surface area contributed by atoms with Crippen LogP contribution in [0, 0.1) is 5.41 Å². The minimum absolute atomic E-state index is 0.0367. The summed E-state index contributed by atoms with van der Waals surface area (Å²) in [6.45, 7) is 12.1. The molecule has 8 rings (SSSR count). The van der Waals surface area contributed by atoms with E-state index in [4.69, 9.17) is 4.74 Å². The van der Waals surface area contributed by atoms with Gasteiger partial charge in [0.1, 0.15) is 17.3 Å². The average Bonchev–Trinajstić information content (AvgIpc) is 3.51. The molecule has 1 aliphatic carbocycles. The molecule has 1 N–H and O–H groups in total. The van der Waals surface area contributed by atoms with Gasteiger partial charge in [0.05, 0.1) is 36.0 Å². The molecule has 0 spiro atoms. The maximum Gasteiger partial charge on any atom is 0.274 e. The largest absolute Gasteiger partial charge is 0.378 e. The third kappa shape index (κ3) is 5.54. The number of aryl methyl sites for hydroxylation is 1. The van der Waals surface area contributed by atoms with Crippen LogP contribution in [0.1, 0.15) is 46.4 Å². The summed E-state index contributed by atoms with van der Waals surface area (Å²) in [5.41, 5.74) is 6.03. The second-order valence-corrected chi connectivity index (χ2v) is 15.4. The number of carbonyl (C=O) groups is 1. The first-order chi connectivity index (χ1) is 22.6.